The maximum atomic E-state index is 2.49. The molecule has 4 atom stereocenters. The van der Waals surface area contributed by atoms with Gasteiger partial charge in [0.2, 0.25) is 0 Å². The zero-order chi connectivity index (χ0) is 20.8. The maximum absolute atomic E-state index is 2.49. The van der Waals surface area contributed by atoms with Gasteiger partial charge in [0.1, 0.15) is 0 Å². The quantitative estimate of drug-likeness (QED) is 0.465. The van der Waals surface area contributed by atoms with E-state index in [0.717, 1.165) is 11.3 Å². The van der Waals surface area contributed by atoms with E-state index < -0.39 is 0 Å². The minimum Gasteiger partial charge on any atom is -0.0621 e. The van der Waals surface area contributed by atoms with Gasteiger partial charge in [-0.2, -0.15) is 0 Å². The fourth-order valence-electron chi connectivity index (χ4n) is 5.38. The summed E-state index contributed by atoms with van der Waals surface area (Å²) in [6.07, 6.45) is 2.49. The first kappa shape index (κ1) is 20.4. The molecule has 154 valence electrons. The van der Waals surface area contributed by atoms with E-state index in [0.29, 0.717) is 11.8 Å². The third-order valence-corrected chi connectivity index (χ3v) is 13.8. The van der Waals surface area contributed by atoms with Gasteiger partial charge in [-0.05, 0) is 84.2 Å². The average molecular weight is 431 g/mol. The highest BCUT2D eigenvalue weighted by molar-refractivity contribution is 7.80. The van der Waals surface area contributed by atoms with Crippen molar-refractivity contribution in [2.45, 2.75) is 51.9 Å². The molecule has 0 fully saturated rings. The molecule has 0 bridgehead atoms. The first-order valence-electron chi connectivity index (χ1n) is 11.4. The molecule has 0 amide bonds. The molecule has 2 aliphatic heterocycles. The highest BCUT2D eigenvalue weighted by Gasteiger charge is 2.40. The second kappa shape index (κ2) is 8.22. The van der Waals surface area contributed by atoms with Gasteiger partial charge in [-0.25, -0.2) is 0 Å². The van der Waals surface area contributed by atoms with Crippen molar-refractivity contribution in [2.75, 3.05) is 0 Å². The Labute approximate surface area is 184 Å². The van der Waals surface area contributed by atoms with Crippen LogP contribution in [0.3, 0.4) is 0 Å². The number of hydrogen-bond donors (Lipinski definition) is 0. The average Bonchev–Trinajstić information content (AvgIpc) is 3.33. The van der Waals surface area contributed by atoms with Crippen LogP contribution >= 0.6 is 15.8 Å². The molecule has 2 heterocycles. The Balaban J connectivity index is 1.68. The van der Waals surface area contributed by atoms with Crippen LogP contribution < -0.4 is 21.2 Å². The molecule has 0 spiro atoms. The Kier molecular flexibility index (Phi) is 5.60. The monoisotopic (exact) mass is 430 g/mol. The van der Waals surface area contributed by atoms with Crippen LogP contribution in [-0.2, 0) is 12.8 Å². The number of benzene rings is 3. The summed E-state index contributed by atoms with van der Waals surface area (Å²) in [6, 6.07) is 28.1. The van der Waals surface area contributed by atoms with E-state index >= 15 is 0 Å². The smallest absolute Gasteiger partial charge is 0.00647 e. The van der Waals surface area contributed by atoms with Gasteiger partial charge in [0.05, 0.1) is 0 Å². The molecule has 0 N–H and O–H groups in total. The second-order valence-corrected chi connectivity index (χ2v) is 14.3. The molecule has 0 aromatic heterocycles. The van der Waals surface area contributed by atoms with Crippen molar-refractivity contribution in [3.05, 3.63) is 83.9 Å². The van der Waals surface area contributed by atoms with Gasteiger partial charge in [0, 0.05) is 0 Å². The van der Waals surface area contributed by atoms with Crippen LogP contribution in [-0.4, -0.2) is 11.3 Å². The van der Waals surface area contributed by atoms with Gasteiger partial charge >= 0.3 is 0 Å². The molecule has 3 aromatic rings. The molecular formula is C28H32P2. The lowest BCUT2D eigenvalue weighted by Crippen LogP contribution is -2.33. The van der Waals surface area contributed by atoms with Gasteiger partial charge in [-0.1, -0.05) is 100 Å². The molecular weight excluding hydrogens is 398 g/mol. The van der Waals surface area contributed by atoms with E-state index in [-0.39, 0.29) is 15.8 Å². The molecule has 0 radical (unpaired) electrons. The predicted molar refractivity (Wildman–Crippen MR) is 136 cm³/mol. The Morgan fingerprint density at radius 1 is 0.533 bits per heavy atom. The Bertz CT molecular complexity index is 967. The lowest BCUT2D eigenvalue weighted by molar-refractivity contribution is 0.606. The largest absolute Gasteiger partial charge is 0.0621 e. The number of rotatable bonds is 4. The van der Waals surface area contributed by atoms with E-state index in [9.17, 15) is 0 Å². The molecule has 4 unspecified atom stereocenters. The molecule has 5 rings (SSSR count). The van der Waals surface area contributed by atoms with Crippen molar-refractivity contribution in [3.8, 4) is 0 Å². The summed E-state index contributed by atoms with van der Waals surface area (Å²) in [7, 11) is -0.615. The maximum Gasteiger partial charge on any atom is -0.00647 e. The molecule has 2 aliphatic rings. The van der Waals surface area contributed by atoms with E-state index in [1.807, 2.05) is 0 Å². The third kappa shape index (κ3) is 3.38. The van der Waals surface area contributed by atoms with Crippen molar-refractivity contribution >= 4 is 37.1 Å². The van der Waals surface area contributed by atoms with Gasteiger partial charge in [-0.3, -0.25) is 0 Å². The van der Waals surface area contributed by atoms with Crippen molar-refractivity contribution in [1.29, 1.82) is 0 Å². The predicted octanol–water partition coefficient (Wildman–Crippen LogP) is 5.71. The van der Waals surface area contributed by atoms with Crippen LogP contribution in [0.5, 0.6) is 0 Å². The highest BCUT2D eigenvalue weighted by Crippen LogP contribution is 2.54. The zero-order valence-corrected chi connectivity index (χ0v) is 20.3. The van der Waals surface area contributed by atoms with Crippen molar-refractivity contribution < 1.29 is 0 Å². The molecule has 0 saturated carbocycles. The molecule has 3 aromatic carbocycles. The third-order valence-electron chi connectivity index (χ3n) is 6.96. The van der Waals surface area contributed by atoms with Crippen LogP contribution in [0.15, 0.2) is 72.8 Å². The molecule has 0 nitrogen and oxygen atoms in total. The van der Waals surface area contributed by atoms with Gasteiger partial charge in [-0.15, -0.1) is 0 Å². The van der Waals surface area contributed by atoms with Crippen LogP contribution in [0.25, 0.3) is 0 Å². The van der Waals surface area contributed by atoms with E-state index in [1.54, 1.807) is 32.3 Å². The summed E-state index contributed by atoms with van der Waals surface area (Å²) >= 11 is 0. The van der Waals surface area contributed by atoms with Crippen molar-refractivity contribution in [3.63, 3.8) is 0 Å². The summed E-state index contributed by atoms with van der Waals surface area (Å²) in [6.45, 7) is 9.73. The summed E-state index contributed by atoms with van der Waals surface area (Å²) in [5.41, 5.74) is 4.70. The van der Waals surface area contributed by atoms with Crippen molar-refractivity contribution in [2.24, 2.45) is 11.8 Å². The lowest BCUT2D eigenvalue weighted by Gasteiger charge is -2.31. The SMILES string of the molecule is CC(C)C1Cc2ccccc2P1c1ccccc1P1c2ccccc2CC1C(C)C. The normalized spacial score (nSPS) is 25.0. The van der Waals surface area contributed by atoms with E-state index in [1.165, 1.54) is 12.8 Å². The Morgan fingerprint density at radius 2 is 0.867 bits per heavy atom. The summed E-state index contributed by atoms with van der Waals surface area (Å²) in [5.74, 6) is 1.42. The molecule has 2 heteroatoms. The fourth-order valence-corrected chi connectivity index (χ4v) is 12.5. The van der Waals surface area contributed by atoms with Gasteiger partial charge in [0.25, 0.3) is 0 Å². The first-order valence-corrected chi connectivity index (χ1v) is 14.2. The standard InChI is InChI=1S/C28H32P2/c1-19(2)27-17-21-11-5-7-13-23(21)29(27)25-15-9-10-16-26(25)30-24-14-8-6-12-22(24)18-28(30)20(3)4/h5-16,19-20,27-28H,17-18H2,1-4H3. The Hall–Kier alpha value is -1.48. The van der Waals surface area contributed by atoms with E-state index in [4.69, 9.17) is 0 Å². The lowest BCUT2D eigenvalue weighted by atomic mass is 10.0. The summed E-state index contributed by atoms with van der Waals surface area (Å²) in [5, 5.41) is 6.62. The number of fused-ring (bicyclic) bond motifs is 2. The minimum atomic E-state index is -0.307. The molecule has 0 saturated heterocycles. The Morgan fingerprint density at radius 3 is 1.23 bits per heavy atom. The van der Waals surface area contributed by atoms with Crippen LogP contribution in [0.2, 0.25) is 0 Å². The van der Waals surface area contributed by atoms with Crippen LogP contribution in [0.1, 0.15) is 38.8 Å². The molecule has 30 heavy (non-hydrogen) atoms. The minimum absolute atomic E-state index is 0.307. The van der Waals surface area contributed by atoms with Crippen LogP contribution in [0.4, 0.5) is 0 Å². The van der Waals surface area contributed by atoms with Crippen molar-refractivity contribution in [1.82, 2.24) is 0 Å². The van der Waals surface area contributed by atoms with Crippen LogP contribution in [0, 0.1) is 11.8 Å². The highest BCUT2D eigenvalue weighted by atomic mass is 31.1. The summed E-state index contributed by atoms with van der Waals surface area (Å²) in [4.78, 5) is 0. The van der Waals surface area contributed by atoms with Gasteiger partial charge < -0.3 is 0 Å². The zero-order valence-electron chi connectivity index (χ0n) is 18.5. The fraction of sp³-hybridized carbons (Fsp3) is 0.357. The molecule has 0 aliphatic carbocycles. The second-order valence-electron chi connectivity index (χ2n) is 9.52. The van der Waals surface area contributed by atoms with Gasteiger partial charge in [0.15, 0.2) is 0 Å². The number of hydrogen-bond acceptors (Lipinski definition) is 0. The topological polar surface area (TPSA) is 0 Å². The first-order chi connectivity index (χ1) is 14.6. The summed E-state index contributed by atoms with van der Waals surface area (Å²) < 4.78 is 0. The van der Waals surface area contributed by atoms with E-state index in [2.05, 4.69) is 100 Å².